The van der Waals surface area contributed by atoms with Gasteiger partial charge in [-0.25, -0.2) is 4.79 Å². The van der Waals surface area contributed by atoms with Gasteiger partial charge in [0.2, 0.25) is 0 Å². The Hall–Kier alpha value is -1.95. The number of rotatable bonds is 6. The molecule has 0 radical (unpaired) electrons. The number of carbonyl (C=O) groups is 2. The van der Waals surface area contributed by atoms with Gasteiger partial charge in [0.25, 0.3) is 5.91 Å². The van der Waals surface area contributed by atoms with Crippen molar-refractivity contribution in [2.45, 2.75) is 6.92 Å². The molecular formula is C11H14N2O4. The molecule has 1 rings (SSSR count). The molecule has 17 heavy (non-hydrogen) atoms. The first-order valence-corrected chi connectivity index (χ1v) is 5.20. The molecule has 0 unspecified atom stereocenters. The Balaban J connectivity index is 2.56. The third-order valence-corrected chi connectivity index (χ3v) is 1.98. The summed E-state index contributed by atoms with van der Waals surface area (Å²) in [7, 11) is 0. The molecule has 0 saturated heterocycles. The number of carboxylic acids is 1. The zero-order valence-corrected chi connectivity index (χ0v) is 9.47. The van der Waals surface area contributed by atoms with Crippen LogP contribution in [0.25, 0.3) is 0 Å². The summed E-state index contributed by atoms with van der Waals surface area (Å²) in [5.41, 5.74) is 0.122. The monoisotopic (exact) mass is 238 g/mol. The van der Waals surface area contributed by atoms with Gasteiger partial charge >= 0.3 is 5.97 Å². The van der Waals surface area contributed by atoms with Crippen molar-refractivity contribution in [1.82, 2.24) is 10.3 Å². The highest BCUT2D eigenvalue weighted by molar-refractivity contribution is 5.95. The van der Waals surface area contributed by atoms with Crippen LogP contribution in [-0.4, -0.2) is 41.7 Å². The topological polar surface area (TPSA) is 88.5 Å². The summed E-state index contributed by atoms with van der Waals surface area (Å²) in [5.74, 6) is -1.50. The average Bonchev–Trinajstić information content (AvgIpc) is 2.34. The predicted molar refractivity (Wildman–Crippen MR) is 60.0 cm³/mol. The quantitative estimate of drug-likeness (QED) is 0.706. The molecule has 0 aliphatic heterocycles. The standard InChI is InChI=1S/C11H14N2O4/c1-2-17-6-5-13-10(14)9-7-8(11(15)16)3-4-12-9/h3-4,7H,2,5-6H2,1H3,(H,13,14)(H,15,16). The van der Waals surface area contributed by atoms with Gasteiger partial charge in [-0.3, -0.25) is 9.78 Å². The van der Waals surface area contributed by atoms with Crippen LogP contribution in [0.5, 0.6) is 0 Å². The molecule has 1 amide bonds. The molecule has 0 saturated carbocycles. The largest absolute Gasteiger partial charge is 0.478 e. The van der Waals surface area contributed by atoms with Crippen molar-refractivity contribution in [2.75, 3.05) is 19.8 Å². The van der Waals surface area contributed by atoms with Crippen LogP contribution >= 0.6 is 0 Å². The van der Waals surface area contributed by atoms with E-state index in [1.54, 1.807) is 0 Å². The maximum absolute atomic E-state index is 11.6. The van der Waals surface area contributed by atoms with Crippen LogP contribution in [0.1, 0.15) is 27.8 Å². The van der Waals surface area contributed by atoms with Gasteiger partial charge in [0, 0.05) is 19.3 Å². The molecule has 0 fully saturated rings. The normalized spacial score (nSPS) is 9.94. The zero-order valence-electron chi connectivity index (χ0n) is 9.47. The molecule has 92 valence electrons. The molecule has 6 nitrogen and oxygen atoms in total. The van der Waals surface area contributed by atoms with Gasteiger partial charge < -0.3 is 15.2 Å². The number of nitrogens with one attached hydrogen (secondary N) is 1. The Bertz CT molecular complexity index is 406. The predicted octanol–water partition coefficient (Wildman–Crippen LogP) is 0.546. The summed E-state index contributed by atoms with van der Waals surface area (Å²) in [6.45, 7) is 3.23. The minimum absolute atomic E-state index is 0.0370. The van der Waals surface area contributed by atoms with E-state index in [1.807, 2.05) is 6.92 Å². The second kappa shape index (κ2) is 6.59. The van der Waals surface area contributed by atoms with Crippen LogP contribution in [0.4, 0.5) is 0 Å². The first kappa shape index (κ1) is 13.1. The summed E-state index contributed by atoms with van der Waals surface area (Å²) in [6.07, 6.45) is 1.29. The lowest BCUT2D eigenvalue weighted by Gasteiger charge is -2.05. The third kappa shape index (κ3) is 4.20. The van der Waals surface area contributed by atoms with Crippen LogP contribution in [0.3, 0.4) is 0 Å². The summed E-state index contributed by atoms with van der Waals surface area (Å²) < 4.78 is 5.05. The highest BCUT2D eigenvalue weighted by atomic mass is 16.5. The number of aromatic nitrogens is 1. The Kier molecular flexibility index (Phi) is 5.09. The van der Waals surface area contributed by atoms with Gasteiger partial charge in [-0.2, -0.15) is 0 Å². The van der Waals surface area contributed by atoms with Crippen LogP contribution in [-0.2, 0) is 4.74 Å². The number of ether oxygens (including phenoxy) is 1. The number of nitrogens with zero attached hydrogens (tertiary/aromatic N) is 1. The first-order chi connectivity index (χ1) is 8.15. The van der Waals surface area contributed by atoms with E-state index in [0.29, 0.717) is 19.8 Å². The van der Waals surface area contributed by atoms with E-state index in [4.69, 9.17) is 9.84 Å². The minimum Gasteiger partial charge on any atom is -0.478 e. The Labute approximate surface area is 98.6 Å². The minimum atomic E-state index is -1.09. The van der Waals surface area contributed by atoms with E-state index in [0.717, 1.165) is 0 Å². The average molecular weight is 238 g/mol. The SMILES string of the molecule is CCOCCNC(=O)c1cc(C(=O)O)ccn1. The van der Waals surface area contributed by atoms with Gasteiger partial charge in [-0.05, 0) is 19.1 Å². The van der Waals surface area contributed by atoms with Gasteiger partial charge in [0.05, 0.1) is 12.2 Å². The molecule has 1 aromatic rings. The Morgan fingerprint density at radius 2 is 2.29 bits per heavy atom. The molecule has 1 aromatic heterocycles. The molecule has 0 atom stereocenters. The van der Waals surface area contributed by atoms with E-state index in [9.17, 15) is 9.59 Å². The lowest BCUT2D eigenvalue weighted by atomic mass is 10.2. The van der Waals surface area contributed by atoms with Crippen molar-refractivity contribution >= 4 is 11.9 Å². The lowest BCUT2D eigenvalue weighted by Crippen LogP contribution is -2.28. The van der Waals surface area contributed by atoms with Crippen LogP contribution < -0.4 is 5.32 Å². The van der Waals surface area contributed by atoms with Crippen molar-refractivity contribution < 1.29 is 19.4 Å². The van der Waals surface area contributed by atoms with Gasteiger partial charge in [0.15, 0.2) is 0 Å². The Morgan fingerprint density at radius 1 is 1.53 bits per heavy atom. The fourth-order valence-electron chi connectivity index (χ4n) is 1.16. The van der Waals surface area contributed by atoms with E-state index < -0.39 is 11.9 Å². The number of hydrogen-bond donors (Lipinski definition) is 2. The molecule has 2 N–H and O–H groups in total. The molecule has 0 aliphatic carbocycles. The number of aromatic carboxylic acids is 1. The van der Waals surface area contributed by atoms with Crippen molar-refractivity contribution in [1.29, 1.82) is 0 Å². The molecule has 0 aromatic carbocycles. The maximum atomic E-state index is 11.6. The molecule has 0 spiro atoms. The van der Waals surface area contributed by atoms with Gasteiger partial charge in [-0.15, -0.1) is 0 Å². The van der Waals surface area contributed by atoms with E-state index in [-0.39, 0.29) is 11.3 Å². The van der Waals surface area contributed by atoms with Gasteiger partial charge in [-0.1, -0.05) is 0 Å². The second-order valence-corrected chi connectivity index (χ2v) is 3.19. The summed E-state index contributed by atoms with van der Waals surface area (Å²) in [6, 6.07) is 2.57. The smallest absolute Gasteiger partial charge is 0.335 e. The van der Waals surface area contributed by atoms with E-state index in [1.165, 1.54) is 18.3 Å². The van der Waals surface area contributed by atoms with E-state index >= 15 is 0 Å². The van der Waals surface area contributed by atoms with Crippen LogP contribution in [0.2, 0.25) is 0 Å². The van der Waals surface area contributed by atoms with Crippen molar-refractivity contribution in [3.05, 3.63) is 29.6 Å². The number of amides is 1. The zero-order chi connectivity index (χ0) is 12.7. The number of pyridine rings is 1. The lowest BCUT2D eigenvalue weighted by molar-refractivity contribution is 0.0696. The number of carboxylic acid groups (broad SMARTS) is 1. The third-order valence-electron chi connectivity index (χ3n) is 1.98. The van der Waals surface area contributed by atoms with Crippen molar-refractivity contribution in [2.24, 2.45) is 0 Å². The highest BCUT2D eigenvalue weighted by Crippen LogP contribution is 2.01. The molecule has 6 heteroatoms. The highest BCUT2D eigenvalue weighted by Gasteiger charge is 2.10. The molecule has 0 aliphatic rings. The van der Waals surface area contributed by atoms with Gasteiger partial charge in [0.1, 0.15) is 5.69 Å². The molecule has 0 bridgehead atoms. The Morgan fingerprint density at radius 3 is 2.94 bits per heavy atom. The second-order valence-electron chi connectivity index (χ2n) is 3.19. The fraction of sp³-hybridized carbons (Fsp3) is 0.364. The summed E-state index contributed by atoms with van der Waals surface area (Å²) in [4.78, 5) is 26.1. The fourth-order valence-corrected chi connectivity index (χ4v) is 1.16. The van der Waals surface area contributed by atoms with Crippen LogP contribution in [0.15, 0.2) is 18.3 Å². The van der Waals surface area contributed by atoms with Crippen molar-refractivity contribution in [3.8, 4) is 0 Å². The molecular weight excluding hydrogens is 224 g/mol. The van der Waals surface area contributed by atoms with Crippen LogP contribution in [0, 0.1) is 0 Å². The van der Waals surface area contributed by atoms with E-state index in [2.05, 4.69) is 10.3 Å². The number of carbonyl (C=O) groups excluding carboxylic acids is 1. The first-order valence-electron chi connectivity index (χ1n) is 5.20. The van der Waals surface area contributed by atoms with Crippen molar-refractivity contribution in [3.63, 3.8) is 0 Å². The maximum Gasteiger partial charge on any atom is 0.335 e. The summed E-state index contributed by atoms with van der Waals surface area (Å²) >= 11 is 0. The molecule has 1 heterocycles. The summed E-state index contributed by atoms with van der Waals surface area (Å²) in [5, 5.41) is 11.3. The number of hydrogen-bond acceptors (Lipinski definition) is 4.